The van der Waals surface area contributed by atoms with Crippen molar-refractivity contribution in [2.24, 2.45) is 0 Å². The SMILES string of the molecule is Cc1ccc(C(=O)OC(C)C(=O)Nc2ccccc2C#N)s1. The van der Waals surface area contributed by atoms with Gasteiger partial charge in [0.2, 0.25) is 0 Å². The van der Waals surface area contributed by atoms with Crippen molar-refractivity contribution >= 4 is 28.9 Å². The van der Waals surface area contributed by atoms with Crippen molar-refractivity contribution in [1.29, 1.82) is 5.26 Å². The quantitative estimate of drug-likeness (QED) is 0.879. The van der Waals surface area contributed by atoms with Gasteiger partial charge in [0.25, 0.3) is 5.91 Å². The molecule has 112 valence electrons. The van der Waals surface area contributed by atoms with Gasteiger partial charge >= 0.3 is 5.97 Å². The number of nitrogens with zero attached hydrogens (tertiary/aromatic N) is 1. The lowest BCUT2D eigenvalue weighted by molar-refractivity contribution is -0.123. The number of nitrogens with one attached hydrogen (secondary N) is 1. The van der Waals surface area contributed by atoms with E-state index < -0.39 is 18.0 Å². The monoisotopic (exact) mass is 314 g/mol. The molecule has 1 N–H and O–H groups in total. The minimum absolute atomic E-state index is 0.350. The first kappa shape index (κ1) is 15.7. The number of thiophene rings is 1. The van der Waals surface area contributed by atoms with Crippen LogP contribution in [0.1, 0.15) is 27.0 Å². The molecule has 0 spiro atoms. The van der Waals surface area contributed by atoms with Crippen LogP contribution in [-0.4, -0.2) is 18.0 Å². The molecule has 0 aliphatic heterocycles. The number of aryl methyl sites for hydroxylation is 1. The highest BCUT2D eigenvalue weighted by molar-refractivity contribution is 7.13. The van der Waals surface area contributed by atoms with E-state index in [-0.39, 0.29) is 0 Å². The summed E-state index contributed by atoms with van der Waals surface area (Å²) in [7, 11) is 0. The molecule has 0 saturated carbocycles. The molecule has 1 atom stereocenters. The fourth-order valence-electron chi connectivity index (χ4n) is 1.74. The number of hydrogen-bond donors (Lipinski definition) is 1. The standard InChI is InChI=1S/C16H14N2O3S/c1-10-7-8-14(22-10)16(20)21-11(2)15(19)18-13-6-4-3-5-12(13)9-17/h3-8,11H,1-2H3,(H,18,19). The molecular weight excluding hydrogens is 300 g/mol. The Kier molecular flexibility index (Phi) is 4.92. The third kappa shape index (κ3) is 3.71. The first-order chi connectivity index (χ1) is 10.5. The van der Waals surface area contributed by atoms with E-state index in [0.717, 1.165) is 4.88 Å². The summed E-state index contributed by atoms with van der Waals surface area (Å²) < 4.78 is 5.13. The Labute approximate surface area is 132 Å². The van der Waals surface area contributed by atoms with E-state index in [4.69, 9.17) is 10.00 Å². The third-order valence-corrected chi connectivity index (χ3v) is 3.88. The number of ether oxygens (including phenoxy) is 1. The number of anilines is 1. The van der Waals surface area contributed by atoms with E-state index in [2.05, 4.69) is 5.32 Å². The predicted molar refractivity (Wildman–Crippen MR) is 83.7 cm³/mol. The van der Waals surface area contributed by atoms with Gasteiger partial charge in [-0.15, -0.1) is 11.3 Å². The van der Waals surface area contributed by atoms with Crippen LogP contribution >= 0.6 is 11.3 Å². The second kappa shape index (κ2) is 6.87. The zero-order chi connectivity index (χ0) is 16.1. The number of carbonyl (C=O) groups is 2. The van der Waals surface area contributed by atoms with Crippen molar-refractivity contribution in [3.8, 4) is 6.07 Å². The van der Waals surface area contributed by atoms with Crippen LogP contribution in [0.4, 0.5) is 5.69 Å². The Morgan fingerprint density at radius 2 is 2.00 bits per heavy atom. The van der Waals surface area contributed by atoms with Crippen LogP contribution in [0, 0.1) is 18.3 Å². The van der Waals surface area contributed by atoms with Gasteiger partial charge in [0.05, 0.1) is 11.3 Å². The summed E-state index contributed by atoms with van der Waals surface area (Å²) in [6.07, 6.45) is -0.957. The highest BCUT2D eigenvalue weighted by Crippen LogP contribution is 2.18. The first-order valence-electron chi connectivity index (χ1n) is 6.58. The number of amides is 1. The summed E-state index contributed by atoms with van der Waals surface area (Å²) in [6, 6.07) is 12.1. The number of para-hydroxylation sites is 1. The Bertz CT molecular complexity index is 746. The molecule has 2 rings (SSSR count). The van der Waals surface area contributed by atoms with E-state index in [1.807, 2.05) is 19.1 Å². The predicted octanol–water partition coefficient (Wildman–Crippen LogP) is 3.11. The van der Waals surface area contributed by atoms with Crippen molar-refractivity contribution in [2.75, 3.05) is 5.32 Å². The second-order valence-electron chi connectivity index (χ2n) is 4.60. The lowest BCUT2D eigenvalue weighted by Crippen LogP contribution is -2.30. The minimum Gasteiger partial charge on any atom is -0.448 e. The van der Waals surface area contributed by atoms with Gasteiger partial charge in [0.15, 0.2) is 6.10 Å². The molecule has 1 heterocycles. The summed E-state index contributed by atoms with van der Waals surface area (Å²) in [5.41, 5.74) is 0.744. The fraction of sp³-hybridized carbons (Fsp3) is 0.188. The van der Waals surface area contributed by atoms with Gasteiger partial charge < -0.3 is 10.1 Å². The van der Waals surface area contributed by atoms with Gasteiger partial charge in [-0.2, -0.15) is 5.26 Å². The number of rotatable bonds is 4. The average Bonchev–Trinajstić information content (AvgIpc) is 2.94. The molecule has 0 bridgehead atoms. The number of carbonyl (C=O) groups excluding carboxylic acids is 2. The number of benzene rings is 1. The molecule has 5 nitrogen and oxygen atoms in total. The molecule has 0 fully saturated rings. The molecule has 6 heteroatoms. The zero-order valence-electron chi connectivity index (χ0n) is 12.1. The van der Waals surface area contributed by atoms with E-state index >= 15 is 0 Å². The van der Waals surface area contributed by atoms with Crippen LogP contribution in [-0.2, 0) is 9.53 Å². The highest BCUT2D eigenvalue weighted by atomic mass is 32.1. The first-order valence-corrected chi connectivity index (χ1v) is 7.40. The van der Waals surface area contributed by atoms with Gasteiger partial charge in [-0.25, -0.2) is 4.79 Å². The van der Waals surface area contributed by atoms with Crippen LogP contribution in [0.5, 0.6) is 0 Å². The van der Waals surface area contributed by atoms with Crippen LogP contribution < -0.4 is 5.32 Å². The Balaban J connectivity index is 2.01. The molecular formula is C16H14N2O3S. The third-order valence-electron chi connectivity index (χ3n) is 2.90. The normalized spacial score (nSPS) is 11.3. The molecule has 0 aliphatic rings. The smallest absolute Gasteiger partial charge is 0.349 e. The second-order valence-corrected chi connectivity index (χ2v) is 5.89. The molecule has 0 aliphatic carbocycles. The summed E-state index contributed by atoms with van der Waals surface area (Å²) in [5.74, 6) is -1.02. The Morgan fingerprint density at radius 3 is 2.64 bits per heavy atom. The summed E-state index contributed by atoms with van der Waals surface area (Å²) in [5, 5.41) is 11.6. The van der Waals surface area contributed by atoms with Crippen LogP contribution in [0.3, 0.4) is 0 Å². The molecule has 1 aromatic carbocycles. The van der Waals surface area contributed by atoms with E-state index in [9.17, 15) is 9.59 Å². The fourth-order valence-corrected chi connectivity index (χ4v) is 2.49. The Morgan fingerprint density at radius 1 is 1.27 bits per heavy atom. The largest absolute Gasteiger partial charge is 0.448 e. The molecule has 1 amide bonds. The molecule has 0 saturated heterocycles. The molecule has 1 unspecified atom stereocenters. The maximum atomic E-state index is 12.1. The zero-order valence-corrected chi connectivity index (χ0v) is 12.9. The van der Waals surface area contributed by atoms with Crippen LogP contribution in [0.25, 0.3) is 0 Å². The van der Waals surface area contributed by atoms with Crippen molar-refractivity contribution in [1.82, 2.24) is 0 Å². The molecule has 22 heavy (non-hydrogen) atoms. The van der Waals surface area contributed by atoms with Gasteiger partial charge in [-0.3, -0.25) is 4.79 Å². The lowest BCUT2D eigenvalue weighted by atomic mass is 10.2. The van der Waals surface area contributed by atoms with Crippen molar-refractivity contribution < 1.29 is 14.3 Å². The maximum absolute atomic E-state index is 12.1. The summed E-state index contributed by atoms with van der Waals surface area (Å²) in [6.45, 7) is 3.37. The minimum atomic E-state index is -0.957. The van der Waals surface area contributed by atoms with Crippen molar-refractivity contribution in [3.05, 3.63) is 51.7 Å². The van der Waals surface area contributed by atoms with E-state index in [0.29, 0.717) is 16.1 Å². The van der Waals surface area contributed by atoms with Crippen LogP contribution in [0.15, 0.2) is 36.4 Å². The highest BCUT2D eigenvalue weighted by Gasteiger charge is 2.20. The molecule has 0 radical (unpaired) electrons. The van der Waals surface area contributed by atoms with Crippen LogP contribution in [0.2, 0.25) is 0 Å². The van der Waals surface area contributed by atoms with Crippen molar-refractivity contribution in [3.63, 3.8) is 0 Å². The maximum Gasteiger partial charge on any atom is 0.349 e. The molecule has 1 aromatic heterocycles. The van der Waals surface area contributed by atoms with Crippen molar-refractivity contribution in [2.45, 2.75) is 20.0 Å². The number of esters is 1. The summed E-state index contributed by atoms with van der Waals surface area (Å²) in [4.78, 5) is 25.4. The topological polar surface area (TPSA) is 79.2 Å². The Hall–Kier alpha value is -2.65. The molecule has 2 aromatic rings. The average molecular weight is 314 g/mol. The van der Waals surface area contributed by atoms with Gasteiger partial charge in [-0.05, 0) is 38.1 Å². The summed E-state index contributed by atoms with van der Waals surface area (Å²) >= 11 is 1.31. The van der Waals surface area contributed by atoms with E-state index in [1.165, 1.54) is 18.3 Å². The lowest BCUT2D eigenvalue weighted by Gasteiger charge is -2.13. The number of hydrogen-bond acceptors (Lipinski definition) is 5. The van der Waals surface area contributed by atoms with Gasteiger partial charge in [0, 0.05) is 4.88 Å². The van der Waals surface area contributed by atoms with Gasteiger partial charge in [0.1, 0.15) is 10.9 Å². The van der Waals surface area contributed by atoms with Gasteiger partial charge in [-0.1, -0.05) is 12.1 Å². The van der Waals surface area contributed by atoms with E-state index in [1.54, 1.807) is 30.3 Å². The number of nitriles is 1.